The van der Waals surface area contributed by atoms with Gasteiger partial charge in [-0.15, -0.1) is 0 Å². The largest absolute Gasteiger partial charge is 0.469 e. The Morgan fingerprint density at radius 3 is 2.91 bits per heavy atom. The van der Waals surface area contributed by atoms with Crippen LogP contribution in [0, 0.1) is 5.41 Å². The molecule has 0 bridgehead atoms. The third kappa shape index (κ3) is 5.48. The van der Waals surface area contributed by atoms with Crippen molar-refractivity contribution in [1.29, 1.82) is 5.41 Å². The second kappa shape index (κ2) is 10.4. The fraction of sp³-hybridized carbons (Fsp3) is 0.455. The molecule has 5 N–H and O–H groups in total. The number of carbonyl (C=O) groups is 1. The van der Waals surface area contributed by atoms with E-state index < -0.39 is 12.3 Å². The van der Waals surface area contributed by atoms with Crippen LogP contribution in [0.5, 0.6) is 5.88 Å². The highest BCUT2D eigenvalue weighted by Gasteiger charge is 2.33. The van der Waals surface area contributed by atoms with Gasteiger partial charge in [0.2, 0.25) is 17.7 Å². The van der Waals surface area contributed by atoms with E-state index >= 15 is 0 Å². The van der Waals surface area contributed by atoms with Crippen molar-refractivity contribution in [2.45, 2.75) is 37.6 Å². The van der Waals surface area contributed by atoms with Gasteiger partial charge in [-0.1, -0.05) is 6.58 Å². The van der Waals surface area contributed by atoms with Crippen molar-refractivity contribution in [1.82, 2.24) is 30.5 Å². The number of alkyl halides is 1. The molecule has 2 aromatic rings. The number of aromatic amines is 1. The van der Waals surface area contributed by atoms with Crippen LogP contribution >= 0.6 is 0 Å². The Hall–Kier alpha value is -3.47. The summed E-state index contributed by atoms with van der Waals surface area (Å²) in [5.74, 6) is 0.168. The number of allylic oxidation sites excluding steroid dienone is 1. The van der Waals surface area contributed by atoms with Gasteiger partial charge in [0.25, 0.3) is 0 Å². The minimum atomic E-state index is -1.23. The molecule has 0 spiro atoms. The molecule has 2 aliphatic heterocycles. The molecule has 2 fully saturated rings. The first-order valence-corrected chi connectivity index (χ1v) is 11.1. The fourth-order valence-electron chi connectivity index (χ4n) is 3.97. The molecule has 1 amide bonds. The maximum atomic E-state index is 14.6. The predicted molar refractivity (Wildman–Crippen MR) is 124 cm³/mol. The number of halogens is 1. The first-order chi connectivity index (χ1) is 16.1. The van der Waals surface area contributed by atoms with Gasteiger partial charge in [0.1, 0.15) is 17.9 Å². The van der Waals surface area contributed by atoms with E-state index in [4.69, 9.17) is 10.1 Å². The minimum absolute atomic E-state index is 0.108. The van der Waals surface area contributed by atoms with Crippen LogP contribution in [-0.2, 0) is 4.79 Å². The number of hydrogen-bond acceptors (Lipinski definition) is 8. The van der Waals surface area contributed by atoms with Gasteiger partial charge >= 0.3 is 0 Å². The summed E-state index contributed by atoms with van der Waals surface area (Å²) in [6.45, 7) is 5.84. The summed E-state index contributed by atoms with van der Waals surface area (Å²) >= 11 is 0. The quantitative estimate of drug-likeness (QED) is 0.302. The molecule has 2 aliphatic rings. The normalized spacial score (nSPS) is 22.1. The molecular weight excluding hydrogens is 427 g/mol. The van der Waals surface area contributed by atoms with Crippen LogP contribution in [0.1, 0.15) is 19.3 Å². The van der Waals surface area contributed by atoms with Gasteiger partial charge in [0.05, 0.1) is 17.6 Å². The molecule has 0 saturated carbocycles. The van der Waals surface area contributed by atoms with E-state index in [9.17, 15) is 9.18 Å². The standard InChI is InChI=1S/C22H29FN8O2/c1-2-19(32)31-10-6-17(23)18(13-31)33-21-16-5-9-26-20(16)29-22(30-21)28-15(11-24)12-27-14-3-7-25-8-4-14/h2,5,9,11-12,14,17-18,24-25,27H,1,3-4,6-8,10,13H2,(H2,26,28,29,30)/b15-12+,24-11?/t17-,18+/m1/s1. The lowest BCUT2D eigenvalue weighted by atomic mass is 10.1. The van der Waals surface area contributed by atoms with E-state index in [1.165, 1.54) is 17.2 Å². The Labute approximate surface area is 191 Å². The van der Waals surface area contributed by atoms with Gasteiger partial charge < -0.3 is 36.0 Å². The van der Waals surface area contributed by atoms with Gasteiger partial charge in [0, 0.05) is 31.2 Å². The van der Waals surface area contributed by atoms with Gasteiger partial charge in [-0.05, 0) is 44.5 Å². The van der Waals surface area contributed by atoms with Crippen molar-refractivity contribution in [3.63, 3.8) is 0 Å². The number of nitrogens with zero attached hydrogens (tertiary/aromatic N) is 3. The molecule has 2 aromatic heterocycles. The molecule has 0 unspecified atom stereocenters. The number of rotatable bonds is 8. The Balaban J connectivity index is 1.52. The van der Waals surface area contributed by atoms with E-state index in [0.29, 0.717) is 29.3 Å². The van der Waals surface area contributed by atoms with Gasteiger partial charge in [0.15, 0.2) is 0 Å². The molecule has 0 radical (unpaired) electrons. The summed E-state index contributed by atoms with van der Waals surface area (Å²) in [4.78, 5) is 25.4. The second-order valence-corrected chi connectivity index (χ2v) is 8.10. The average molecular weight is 457 g/mol. The van der Waals surface area contributed by atoms with Crippen molar-refractivity contribution in [2.24, 2.45) is 0 Å². The summed E-state index contributed by atoms with van der Waals surface area (Å²) in [5.41, 5.74) is 0.998. The first-order valence-electron chi connectivity index (χ1n) is 11.1. The smallest absolute Gasteiger partial charge is 0.246 e. The van der Waals surface area contributed by atoms with E-state index in [1.807, 2.05) is 0 Å². The van der Waals surface area contributed by atoms with Crippen LogP contribution in [-0.4, -0.2) is 76.5 Å². The number of likely N-dealkylation sites (tertiary alicyclic amines) is 1. The molecule has 176 valence electrons. The van der Waals surface area contributed by atoms with Crippen LogP contribution in [0.3, 0.4) is 0 Å². The number of nitrogens with one attached hydrogen (secondary N) is 5. The number of H-pyrrole nitrogens is 1. The lowest BCUT2D eigenvalue weighted by Gasteiger charge is -2.34. The molecule has 2 saturated heterocycles. The molecule has 33 heavy (non-hydrogen) atoms. The lowest BCUT2D eigenvalue weighted by molar-refractivity contribution is -0.130. The maximum Gasteiger partial charge on any atom is 0.246 e. The SMILES string of the molecule is C=CC(=O)N1CC[C@@H](F)[C@@H](Oc2nc(N/C(C=N)=C/NC3CCNCC3)nc3[nH]ccc23)C1. The van der Waals surface area contributed by atoms with E-state index in [1.54, 1.807) is 18.5 Å². The van der Waals surface area contributed by atoms with Crippen LogP contribution < -0.4 is 20.7 Å². The zero-order valence-corrected chi connectivity index (χ0v) is 18.3. The molecule has 10 nitrogen and oxygen atoms in total. The van der Waals surface area contributed by atoms with Gasteiger partial charge in [-0.2, -0.15) is 9.97 Å². The molecule has 4 rings (SSSR count). The molecule has 2 atom stereocenters. The average Bonchev–Trinajstić information content (AvgIpc) is 3.32. The van der Waals surface area contributed by atoms with E-state index in [0.717, 1.165) is 25.9 Å². The Morgan fingerprint density at radius 1 is 1.33 bits per heavy atom. The van der Waals surface area contributed by atoms with Crippen LogP contribution in [0.4, 0.5) is 10.3 Å². The molecule has 0 aromatic carbocycles. The highest BCUT2D eigenvalue weighted by Crippen LogP contribution is 2.27. The van der Waals surface area contributed by atoms with Crippen LogP contribution in [0.25, 0.3) is 11.0 Å². The first kappa shape index (κ1) is 22.7. The number of anilines is 1. The third-order valence-corrected chi connectivity index (χ3v) is 5.83. The van der Waals surface area contributed by atoms with Crippen molar-refractivity contribution < 1.29 is 13.9 Å². The third-order valence-electron chi connectivity index (χ3n) is 5.83. The highest BCUT2D eigenvalue weighted by atomic mass is 19.1. The zero-order valence-electron chi connectivity index (χ0n) is 18.3. The van der Waals surface area contributed by atoms with Crippen molar-refractivity contribution in [2.75, 3.05) is 31.5 Å². The number of piperidine rings is 2. The monoisotopic (exact) mass is 456 g/mol. The molecule has 4 heterocycles. The summed E-state index contributed by atoms with van der Waals surface area (Å²) in [7, 11) is 0. The number of carbonyl (C=O) groups excluding carboxylic acids is 1. The van der Waals surface area contributed by atoms with E-state index in [2.05, 4.69) is 37.5 Å². The number of fused-ring (bicyclic) bond motifs is 1. The number of ether oxygens (including phenoxy) is 1. The molecule has 11 heteroatoms. The number of hydrogen-bond donors (Lipinski definition) is 5. The van der Waals surface area contributed by atoms with Crippen LogP contribution in [0.15, 0.2) is 36.8 Å². The fourth-order valence-corrected chi connectivity index (χ4v) is 3.97. The Kier molecular flexibility index (Phi) is 7.18. The maximum absolute atomic E-state index is 14.6. The lowest BCUT2D eigenvalue weighted by Crippen LogP contribution is -2.49. The van der Waals surface area contributed by atoms with Crippen molar-refractivity contribution in [3.05, 3.63) is 36.8 Å². The van der Waals surface area contributed by atoms with Crippen molar-refractivity contribution >= 4 is 29.1 Å². The zero-order chi connectivity index (χ0) is 23.2. The topological polar surface area (TPSA) is 131 Å². The highest BCUT2D eigenvalue weighted by molar-refractivity contribution is 5.87. The Bertz CT molecular complexity index is 1030. The number of amides is 1. The molecular formula is C22H29FN8O2. The summed E-state index contributed by atoms with van der Waals surface area (Å²) in [6, 6.07) is 2.09. The Morgan fingerprint density at radius 2 is 2.15 bits per heavy atom. The van der Waals surface area contributed by atoms with Gasteiger partial charge in [-0.25, -0.2) is 4.39 Å². The predicted octanol–water partition coefficient (Wildman–Crippen LogP) is 1.71. The van der Waals surface area contributed by atoms with Gasteiger partial charge in [-0.3, -0.25) is 4.79 Å². The summed E-state index contributed by atoms with van der Waals surface area (Å²) in [6.07, 6.45) is 5.92. The second-order valence-electron chi connectivity index (χ2n) is 8.10. The molecule has 0 aliphatic carbocycles. The minimum Gasteiger partial charge on any atom is -0.469 e. The number of aromatic nitrogens is 3. The van der Waals surface area contributed by atoms with E-state index in [-0.39, 0.29) is 30.7 Å². The van der Waals surface area contributed by atoms with Crippen molar-refractivity contribution in [3.8, 4) is 5.88 Å². The van der Waals surface area contributed by atoms with Crippen LogP contribution in [0.2, 0.25) is 0 Å². The summed E-state index contributed by atoms with van der Waals surface area (Å²) in [5, 5.41) is 18.0. The summed E-state index contributed by atoms with van der Waals surface area (Å²) < 4.78 is 20.6.